The van der Waals surface area contributed by atoms with E-state index in [9.17, 15) is 5.26 Å². The number of nitrogens with zero attached hydrogens (tertiary/aromatic N) is 1. The van der Waals surface area contributed by atoms with Crippen LogP contribution in [0.25, 0.3) is 11.1 Å². The van der Waals surface area contributed by atoms with E-state index in [1.807, 2.05) is 37.3 Å². The van der Waals surface area contributed by atoms with Crippen molar-refractivity contribution in [1.29, 1.82) is 5.26 Å². The van der Waals surface area contributed by atoms with Crippen molar-refractivity contribution in [3.8, 4) is 17.2 Å². The molecule has 0 aliphatic carbocycles. The topological polar surface area (TPSA) is 23.8 Å². The SMILES string of the molecule is Cc1cc(C)c(C#N)c(-c2ccc(Br)cc2)c1. The third kappa shape index (κ3) is 2.40. The van der Waals surface area contributed by atoms with Crippen LogP contribution >= 0.6 is 15.9 Å². The fourth-order valence-electron chi connectivity index (χ4n) is 1.97. The number of hydrogen-bond acceptors (Lipinski definition) is 1. The van der Waals surface area contributed by atoms with E-state index in [1.165, 1.54) is 5.56 Å². The Labute approximate surface area is 110 Å². The molecular formula is C15H12BrN. The summed E-state index contributed by atoms with van der Waals surface area (Å²) in [6.45, 7) is 4.03. The first-order valence-corrected chi connectivity index (χ1v) is 6.18. The minimum atomic E-state index is 0.762. The van der Waals surface area contributed by atoms with Gasteiger partial charge in [-0.15, -0.1) is 0 Å². The Kier molecular flexibility index (Phi) is 3.31. The van der Waals surface area contributed by atoms with Gasteiger partial charge in [0.15, 0.2) is 0 Å². The molecule has 0 fully saturated rings. The second kappa shape index (κ2) is 4.73. The Hall–Kier alpha value is -1.59. The van der Waals surface area contributed by atoms with E-state index in [0.29, 0.717) is 0 Å². The Morgan fingerprint density at radius 3 is 2.29 bits per heavy atom. The van der Waals surface area contributed by atoms with Gasteiger partial charge in [0.25, 0.3) is 0 Å². The molecule has 0 aliphatic heterocycles. The smallest absolute Gasteiger partial charge is 0.100 e. The van der Waals surface area contributed by atoms with Crippen LogP contribution in [0.4, 0.5) is 0 Å². The number of halogens is 1. The lowest BCUT2D eigenvalue weighted by Gasteiger charge is -2.09. The molecule has 0 heterocycles. The Morgan fingerprint density at radius 2 is 1.71 bits per heavy atom. The predicted octanol–water partition coefficient (Wildman–Crippen LogP) is 4.60. The summed E-state index contributed by atoms with van der Waals surface area (Å²) in [6.07, 6.45) is 0. The molecule has 2 rings (SSSR count). The summed E-state index contributed by atoms with van der Waals surface area (Å²) in [5.41, 5.74) is 5.07. The van der Waals surface area contributed by atoms with Crippen LogP contribution in [-0.4, -0.2) is 0 Å². The van der Waals surface area contributed by atoms with Crippen molar-refractivity contribution >= 4 is 15.9 Å². The van der Waals surface area contributed by atoms with Crippen molar-refractivity contribution < 1.29 is 0 Å². The fourth-order valence-corrected chi connectivity index (χ4v) is 2.24. The molecule has 0 radical (unpaired) electrons. The van der Waals surface area contributed by atoms with Crippen molar-refractivity contribution in [2.24, 2.45) is 0 Å². The maximum Gasteiger partial charge on any atom is 0.100 e. The summed E-state index contributed by atoms with van der Waals surface area (Å²) in [5, 5.41) is 9.25. The summed E-state index contributed by atoms with van der Waals surface area (Å²) >= 11 is 3.42. The highest BCUT2D eigenvalue weighted by Crippen LogP contribution is 2.28. The molecular weight excluding hydrogens is 274 g/mol. The Balaban J connectivity index is 2.66. The molecule has 2 aromatic carbocycles. The monoisotopic (exact) mass is 285 g/mol. The lowest BCUT2D eigenvalue weighted by atomic mass is 9.94. The first-order valence-electron chi connectivity index (χ1n) is 5.39. The summed E-state index contributed by atoms with van der Waals surface area (Å²) in [6, 6.07) is 14.4. The lowest BCUT2D eigenvalue weighted by molar-refractivity contribution is 1.34. The van der Waals surface area contributed by atoms with Crippen LogP contribution in [0, 0.1) is 25.2 Å². The van der Waals surface area contributed by atoms with E-state index in [-0.39, 0.29) is 0 Å². The zero-order valence-corrected chi connectivity index (χ0v) is 11.4. The van der Waals surface area contributed by atoms with Crippen molar-refractivity contribution in [2.75, 3.05) is 0 Å². The molecule has 0 spiro atoms. The van der Waals surface area contributed by atoms with Crippen LogP contribution in [-0.2, 0) is 0 Å². The van der Waals surface area contributed by atoms with E-state index in [4.69, 9.17) is 0 Å². The third-order valence-electron chi connectivity index (χ3n) is 2.75. The van der Waals surface area contributed by atoms with Crippen molar-refractivity contribution in [3.63, 3.8) is 0 Å². The summed E-state index contributed by atoms with van der Waals surface area (Å²) in [7, 11) is 0. The van der Waals surface area contributed by atoms with Crippen LogP contribution in [0.5, 0.6) is 0 Å². The molecule has 0 atom stereocenters. The molecule has 84 valence electrons. The number of hydrogen-bond donors (Lipinski definition) is 0. The average molecular weight is 286 g/mol. The summed E-state index contributed by atoms with van der Waals surface area (Å²) in [5.74, 6) is 0. The largest absolute Gasteiger partial charge is 0.192 e. The van der Waals surface area contributed by atoms with Crippen LogP contribution < -0.4 is 0 Å². The zero-order chi connectivity index (χ0) is 12.4. The molecule has 0 aromatic heterocycles. The number of nitriles is 1. The fraction of sp³-hybridized carbons (Fsp3) is 0.133. The zero-order valence-electron chi connectivity index (χ0n) is 9.79. The maximum atomic E-state index is 9.25. The molecule has 17 heavy (non-hydrogen) atoms. The van der Waals surface area contributed by atoms with Crippen LogP contribution in [0.2, 0.25) is 0 Å². The highest BCUT2D eigenvalue weighted by molar-refractivity contribution is 9.10. The average Bonchev–Trinajstić information content (AvgIpc) is 2.29. The predicted molar refractivity (Wildman–Crippen MR) is 73.8 cm³/mol. The normalized spacial score (nSPS) is 10.0. The van der Waals surface area contributed by atoms with E-state index >= 15 is 0 Å². The van der Waals surface area contributed by atoms with Gasteiger partial charge in [-0.2, -0.15) is 5.26 Å². The third-order valence-corrected chi connectivity index (χ3v) is 3.28. The van der Waals surface area contributed by atoms with E-state index in [0.717, 1.165) is 26.7 Å². The first kappa shape index (κ1) is 11.9. The van der Waals surface area contributed by atoms with E-state index in [1.54, 1.807) is 0 Å². The Bertz CT molecular complexity index is 592. The van der Waals surface area contributed by atoms with Gasteiger partial charge in [-0.3, -0.25) is 0 Å². The second-order valence-corrected chi connectivity index (χ2v) is 5.04. The summed E-state index contributed by atoms with van der Waals surface area (Å²) < 4.78 is 1.05. The van der Waals surface area contributed by atoms with E-state index < -0.39 is 0 Å². The highest BCUT2D eigenvalue weighted by atomic mass is 79.9. The molecule has 2 aromatic rings. The standard InChI is InChI=1S/C15H12BrN/c1-10-7-11(2)15(9-17)14(8-10)12-3-5-13(16)6-4-12/h3-8H,1-2H3. The molecule has 1 nitrogen and oxygen atoms in total. The molecule has 0 saturated carbocycles. The van der Waals surface area contributed by atoms with Gasteiger partial charge in [0.2, 0.25) is 0 Å². The molecule has 0 amide bonds. The van der Waals surface area contributed by atoms with Gasteiger partial charge in [0.1, 0.15) is 6.07 Å². The molecule has 0 bridgehead atoms. The Morgan fingerprint density at radius 1 is 1.06 bits per heavy atom. The molecule has 2 heteroatoms. The highest BCUT2D eigenvalue weighted by Gasteiger charge is 2.08. The number of benzene rings is 2. The van der Waals surface area contributed by atoms with Crippen LogP contribution in [0.3, 0.4) is 0 Å². The maximum absolute atomic E-state index is 9.25. The van der Waals surface area contributed by atoms with Gasteiger partial charge >= 0.3 is 0 Å². The number of aryl methyl sites for hydroxylation is 2. The van der Waals surface area contributed by atoms with Crippen molar-refractivity contribution in [2.45, 2.75) is 13.8 Å². The number of rotatable bonds is 1. The molecule has 0 aliphatic rings. The van der Waals surface area contributed by atoms with Gasteiger partial charge in [0, 0.05) is 4.47 Å². The second-order valence-electron chi connectivity index (χ2n) is 4.12. The molecule has 0 saturated heterocycles. The lowest BCUT2D eigenvalue weighted by Crippen LogP contribution is -1.90. The quantitative estimate of drug-likeness (QED) is 0.751. The van der Waals surface area contributed by atoms with Crippen molar-refractivity contribution in [1.82, 2.24) is 0 Å². The first-order chi connectivity index (χ1) is 8.11. The van der Waals surface area contributed by atoms with Gasteiger partial charge in [-0.1, -0.05) is 45.8 Å². The van der Waals surface area contributed by atoms with E-state index in [2.05, 4.69) is 35.0 Å². The van der Waals surface area contributed by atoms with Crippen molar-refractivity contribution in [3.05, 3.63) is 57.6 Å². The minimum Gasteiger partial charge on any atom is -0.192 e. The van der Waals surface area contributed by atoms with Crippen LogP contribution in [0.1, 0.15) is 16.7 Å². The van der Waals surface area contributed by atoms with Crippen LogP contribution in [0.15, 0.2) is 40.9 Å². The summed E-state index contributed by atoms with van der Waals surface area (Å²) in [4.78, 5) is 0. The molecule has 0 N–H and O–H groups in total. The van der Waals surface area contributed by atoms with Gasteiger partial charge in [-0.05, 0) is 42.7 Å². The van der Waals surface area contributed by atoms with Gasteiger partial charge < -0.3 is 0 Å². The van der Waals surface area contributed by atoms with Gasteiger partial charge in [0.05, 0.1) is 5.56 Å². The molecule has 0 unspecified atom stereocenters. The van der Waals surface area contributed by atoms with Gasteiger partial charge in [-0.25, -0.2) is 0 Å². The minimum absolute atomic E-state index is 0.762.